The van der Waals surface area contributed by atoms with Gasteiger partial charge in [0, 0.05) is 6.42 Å². The fraction of sp³-hybridized carbons (Fsp3) is 0.300. The van der Waals surface area contributed by atoms with E-state index in [4.69, 9.17) is 4.74 Å². The van der Waals surface area contributed by atoms with E-state index in [0.29, 0.717) is 5.75 Å². The van der Waals surface area contributed by atoms with E-state index < -0.39 is 12.0 Å². The van der Waals surface area contributed by atoms with Gasteiger partial charge in [0.25, 0.3) is 0 Å². The molecular weight excluding hydrogens is 438 g/mol. The summed E-state index contributed by atoms with van der Waals surface area (Å²) in [6, 6.07) is 25.8. The summed E-state index contributed by atoms with van der Waals surface area (Å²) in [7, 11) is 0. The first kappa shape index (κ1) is 21.8. The topological polar surface area (TPSA) is 63.7 Å². The standard InChI is InChI=1S/C30H27NO4/c32-28-26-22-11-12-23(18-22)27(26)29(33)31(28)25(17-19-7-3-1-4-8-19)30(34)35-24-15-13-21(14-16-24)20-9-5-2-6-10-20/h1-10,13-16,22-23,25-27H,11-12,17-18H2. The number of carbonyl (C=O) groups is 3. The van der Waals surface area contributed by atoms with E-state index in [1.54, 1.807) is 12.1 Å². The van der Waals surface area contributed by atoms with E-state index in [2.05, 4.69) is 0 Å². The molecule has 5 nitrogen and oxygen atoms in total. The molecule has 2 bridgehead atoms. The molecule has 3 aromatic carbocycles. The van der Waals surface area contributed by atoms with E-state index >= 15 is 0 Å². The van der Waals surface area contributed by atoms with Gasteiger partial charge in [-0.25, -0.2) is 4.79 Å². The Kier molecular flexibility index (Phi) is 5.48. The number of esters is 1. The molecular formula is C30H27NO4. The summed E-state index contributed by atoms with van der Waals surface area (Å²) in [5.41, 5.74) is 2.97. The minimum Gasteiger partial charge on any atom is -0.425 e. The highest BCUT2D eigenvalue weighted by atomic mass is 16.5. The van der Waals surface area contributed by atoms with Crippen LogP contribution in [0.15, 0.2) is 84.9 Å². The molecule has 0 aromatic heterocycles. The second-order valence-electron chi connectivity index (χ2n) is 9.95. The highest BCUT2D eigenvalue weighted by molar-refractivity contribution is 6.08. The molecule has 35 heavy (non-hydrogen) atoms. The van der Waals surface area contributed by atoms with Crippen LogP contribution < -0.4 is 4.74 Å². The van der Waals surface area contributed by atoms with Gasteiger partial charge in [-0.2, -0.15) is 0 Å². The van der Waals surface area contributed by atoms with Gasteiger partial charge in [0.15, 0.2) is 0 Å². The zero-order valence-corrected chi connectivity index (χ0v) is 19.4. The van der Waals surface area contributed by atoms with Crippen LogP contribution in [-0.4, -0.2) is 28.7 Å². The molecule has 0 spiro atoms. The van der Waals surface area contributed by atoms with E-state index in [-0.39, 0.29) is 41.9 Å². The van der Waals surface area contributed by atoms with Crippen molar-refractivity contribution in [3.8, 4) is 16.9 Å². The first-order valence-corrected chi connectivity index (χ1v) is 12.4. The molecule has 3 fully saturated rings. The van der Waals surface area contributed by atoms with Crippen molar-refractivity contribution in [1.29, 1.82) is 0 Å². The van der Waals surface area contributed by atoms with Crippen molar-refractivity contribution in [2.24, 2.45) is 23.7 Å². The minimum absolute atomic E-state index is 0.190. The molecule has 1 saturated heterocycles. The lowest BCUT2D eigenvalue weighted by Gasteiger charge is -2.26. The Hall–Kier alpha value is -3.73. The average Bonchev–Trinajstić information content (AvgIpc) is 3.58. The quantitative estimate of drug-likeness (QED) is 0.295. The molecule has 5 atom stereocenters. The first-order valence-electron chi connectivity index (χ1n) is 12.4. The van der Waals surface area contributed by atoms with Crippen LogP contribution in [0.2, 0.25) is 0 Å². The third-order valence-corrected chi connectivity index (χ3v) is 8.00. The molecule has 3 aliphatic rings. The molecule has 1 aliphatic heterocycles. The van der Waals surface area contributed by atoms with Crippen molar-refractivity contribution in [3.05, 3.63) is 90.5 Å². The number of ether oxygens (including phenoxy) is 1. The van der Waals surface area contributed by atoms with E-state index in [0.717, 1.165) is 36.0 Å². The van der Waals surface area contributed by atoms with Crippen LogP contribution in [0.1, 0.15) is 24.8 Å². The minimum atomic E-state index is -0.976. The molecule has 5 heteroatoms. The Labute approximate surface area is 204 Å². The highest BCUT2D eigenvalue weighted by Crippen LogP contribution is 2.56. The molecule has 5 unspecified atom stereocenters. The van der Waals surface area contributed by atoms with Crippen molar-refractivity contribution in [3.63, 3.8) is 0 Å². The second kappa shape index (κ2) is 8.81. The molecule has 0 radical (unpaired) electrons. The highest BCUT2D eigenvalue weighted by Gasteiger charge is 2.62. The van der Waals surface area contributed by atoms with Gasteiger partial charge in [0.1, 0.15) is 11.8 Å². The Morgan fingerprint density at radius 3 is 1.91 bits per heavy atom. The van der Waals surface area contributed by atoms with Crippen LogP contribution in [0.25, 0.3) is 11.1 Å². The molecule has 0 N–H and O–H groups in total. The lowest BCUT2D eigenvalue weighted by Crippen LogP contribution is -2.49. The summed E-state index contributed by atoms with van der Waals surface area (Å²) in [5.74, 6) is -0.554. The smallest absolute Gasteiger partial charge is 0.335 e. The molecule has 2 amide bonds. The van der Waals surface area contributed by atoms with E-state index in [9.17, 15) is 14.4 Å². The number of nitrogens with zero attached hydrogens (tertiary/aromatic N) is 1. The van der Waals surface area contributed by atoms with Crippen molar-refractivity contribution in [2.75, 3.05) is 0 Å². The summed E-state index contributed by atoms with van der Waals surface area (Å²) in [6.07, 6.45) is 3.21. The van der Waals surface area contributed by atoms with Crippen molar-refractivity contribution in [2.45, 2.75) is 31.7 Å². The predicted octanol–water partition coefficient (Wildman–Crippen LogP) is 4.90. The van der Waals surface area contributed by atoms with Gasteiger partial charge in [-0.1, -0.05) is 72.8 Å². The number of fused-ring (bicyclic) bond motifs is 5. The number of imide groups is 1. The SMILES string of the molecule is O=C(Oc1ccc(-c2ccccc2)cc1)C(Cc1ccccc1)N1C(=O)C2C3CCC(C3)C2C1=O. The van der Waals surface area contributed by atoms with Crippen LogP contribution in [0, 0.1) is 23.7 Å². The third-order valence-electron chi connectivity index (χ3n) is 8.00. The van der Waals surface area contributed by atoms with Crippen molar-refractivity contribution >= 4 is 17.8 Å². The van der Waals surface area contributed by atoms with Gasteiger partial charge in [-0.3, -0.25) is 14.5 Å². The molecule has 2 saturated carbocycles. The largest absolute Gasteiger partial charge is 0.425 e. The van der Waals surface area contributed by atoms with Crippen LogP contribution in [0.3, 0.4) is 0 Å². The zero-order chi connectivity index (χ0) is 23.9. The maximum atomic E-state index is 13.5. The maximum absolute atomic E-state index is 13.5. The van der Waals surface area contributed by atoms with Gasteiger partial charge < -0.3 is 4.74 Å². The number of likely N-dealkylation sites (tertiary alicyclic amines) is 1. The molecule has 6 rings (SSSR count). The third kappa shape index (κ3) is 3.85. The Morgan fingerprint density at radius 1 is 0.771 bits per heavy atom. The molecule has 176 valence electrons. The summed E-state index contributed by atoms with van der Waals surface area (Å²) in [5, 5.41) is 0. The Bertz CT molecular complexity index is 1230. The summed E-state index contributed by atoms with van der Waals surface area (Å²) in [4.78, 5) is 41.7. The number of hydrogen-bond donors (Lipinski definition) is 0. The lowest BCUT2D eigenvalue weighted by atomic mass is 9.81. The molecule has 3 aromatic rings. The predicted molar refractivity (Wildman–Crippen MR) is 131 cm³/mol. The normalized spacial score (nSPS) is 25.5. The Morgan fingerprint density at radius 2 is 1.31 bits per heavy atom. The van der Waals surface area contributed by atoms with Crippen LogP contribution >= 0.6 is 0 Å². The Balaban J connectivity index is 1.26. The monoisotopic (exact) mass is 465 g/mol. The van der Waals surface area contributed by atoms with Gasteiger partial charge in [0.2, 0.25) is 11.8 Å². The average molecular weight is 466 g/mol. The summed E-state index contributed by atoms with van der Waals surface area (Å²) < 4.78 is 5.76. The van der Waals surface area contributed by atoms with Gasteiger partial charge in [0.05, 0.1) is 11.8 Å². The number of hydrogen-bond acceptors (Lipinski definition) is 4. The molecule has 1 heterocycles. The number of benzene rings is 3. The van der Waals surface area contributed by atoms with E-state index in [1.165, 1.54) is 4.90 Å². The van der Waals surface area contributed by atoms with E-state index in [1.807, 2.05) is 72.8 Å². The number of amides is 2. The zero-order valence-electron chi connectivity index (χ0n) is 19.4. The summed E-state index contributed by atoms with van der Waals surface area (Å²) >= 11 is 0. The van der Waals surface area contributed by atoms with Crippen molar-refractivity contribution in [1.82, 2.24) is 4.90 Å². The van der Waals surface area contributed by atoms with Crippen LogP contribution in [-0.2, 0) is 20.8 Å². The molecule has 2 aliphatic carbocycles. The van der Waals surface area contributed by atoms with Crippen molar-refractivity contribution < 1.29 is 19.1 Å². The fourth-order valence-electron chi connectivity index (χ4n) is 6.39. The maximum Gasteiger partial charge on any atom is 0.335 e. The lowest BCUT2D eigenvalue weighted by molar-refractivity contribution is -0.154. The van der Waals surface area contributed by atoms with Crippen LogP contribution in [0.4, 0.5) is 0 Å². The first-order chi connectivity index (χ1) is 17.1. The van der Waals surface area contributed by atoms with Gasteiger partial charge >= 0.3 is 5.97 Å². The van der Waals surface area contributed by atoms with Crippen LogP contribution in [0.5, 0.6) is 5.75 Å². The second-order valence-corrected chi connectivity index (χ2v) is 9.95. The number of rotatable bonds is 6. The fourth-order valence-corrected chi connectivity index (χ4v) is 6.39. The number of carbonyl (C=O) groups excluding carboxylic acids is 3. The summed E-state index contributed by atoms with van der Waals surface area (Å²) in [6.45, 7) is 0. The van der Waals surface area contributed by atoms with Gasteiger partial charge in [-0.05, 0) is 59.9 Å². The van der Waals surface area contributed by atoms with Gasteiger partial charge in [-0.15, -0.1) is 0 Å².